The molecule has 0 unspecified atom stereocenters. The van der Waals surface area contributed by atoms with Crippen molar-refractivity contribution in [3.63, 3.8) is 0 Å². The number of thiocyanates is 3. The van der Waals surface area contributed by atoms with Gasteiger partial charge in [0, 0.05) is 15.8 Å². The Morgan fingerprint density at radius 1 is 0.684 bits per heavy atom. The van der Waals surface area contributed by atoms with Gasteiger partial charge in [-0.15, -0.1) is 0 Å². The lowest BCUT2D eigenvalue weighted by molar-refractivity contribution is 0.772. The Balaban J connectivity index is 4.26. The molecule has 0 amide bonds. The molecule has 0 bridgehead atoms. The molecule has 0 atom stereocenters. The summed E-state index contributed by atoms with van der Waals surface area (Å²) in [6.45, 7) is 0. The van der Waals surface area contributed by atoms with Gasteiger partial charge in [0.25, 0.3) is 0 Å². The van der Waals surface area contributed by atoms with Gasteiger partial charge in [-0.25, -0.2) is 15.8 Å². The van der Waals surface area contributed by atoms with E-state index in [1.54, 1.807) is 16.2 Å². The average molecular weight is 286 g/mol. The van der Waals surface area contributed by atoms with Gasteiger partial charge in [-0.1, -0.05) is 12.8 Å². The van der Waals surface area contributed by atoms with Crippen LogP contribution < -0.4 is 0 Å². The average Bonchev–Trinajstić information content (AvgIpc) is 2.48. The van der Waals surface area contributed by atoms with Gasteiger partial charge in [-0.05, 0) is 12.5 Å². The molecular weight excluding hydrogens is 276 g/mol. The number of unbranched alkanes of at least 4 members (excludes halogenated alkanes) is 2. The molecule has 0 saturated heterocycles. The van der Waals surface area contributed by atoms with Crippen LogP contribution in [0, 0.1) is 64.9 Å². The minimum atomic E-state index is -3.11. The van der Waals surface area contributed by atoms with Crippen LogP contribution >= 0.6 is 10.0 Å². The van der Waals surface area contributed by atoms with Crippen LogP contribution in [-0.4, -0.2) is 13.8 Å². The standard InChI is InChI=1S/C11H10N6SSi/c12-6-18(7-13,8-14)4-2-1-3-5-19(9-15,10-16)11-17/h1-5H2. The van der Waals surface area contributed by atoms with E-state index in [4.69, 9.17) is 31.6 Å². The molecule has 6 nitrogen and oxygen atoms in total. The molecule has 0 spiro atoms. The molecule has 0 aromatic rings. The zero-order valence-corrected chi connectivity index (χ0v) is 11.9. The lowest BCUT2D eigenvalue weighted by atomic mass is 10.3. The largest absolute Gasteiger partial charge is 0.390 e. The first kappa shape index (κ1) is 16.5. The molecular formula is C11H10N6SSi. The van der Waals surface area contributed by atoms with Gasteiger partial charge in [-0.2, -0.15) is 15.8 Å². The van der Waals surface area contributed by atoms with Gasteiger partial charge in [0.1, 0.15) is 16.2 Å². The van der Waals surface area contributed by atoms with Gasteiger partial charge in [0.05, 0.1) is 17.1 Å². The van der Waals surface area contributed by atoms with Crippen LogP contribution in [0.5, 0.6) is 0 Å². The quantitative estimate of drug-likeness (QED) is 0.415. The van der Waals surface area contributed by atoms with Crippen molar-refractivity contribution in [1.82, 2.24) is 0 Å². The van der Waals surface area contributed by atoms with E-state index in [9.17, 15) is 0 Å². The number of nitrogens with zero attached hydrogens (tertiary/aromatic N) is 6. The van der Waals surface area contributed by atoms with E-state index in [2.05, 4.69) is 0 Å². The van der Waals surface area contributed by atoms with E-state index in [1.807, 2.05) is 17.1 Å². The fourth-order valence-electron chi connectivity index (χ4n) is 1.33. The van der Waals surface area contributed by atoms with Crippen molar-refractivity contribution < 1.29 is 0 Å². The molecule has 0 radical (unpaired) electrons. The third-order valence-electron chi connectivity index (χ3n) is 2.54. The van der Waals surface area contributed by atoms with E-state index in [1.165, 1.54) is 0 Å². The van der Waals surface area contributed by atoms with Crippen molar-refractivity contribution in [3.05, 3.63) is 0 Å². The highest BCUT2D eigenvalue weighted by molar-refractivity contribution is 8.44. The number of hydrogen-bond donors (Lipinski definition) is 0. The zero-order chi connectivity index (χ0) is 14.8. The summed E-state index contributed by atoms with van der Waals surface area (Å²) in [4.78, 5) is 0. The number of hydrogen-bond acceptors (Lipinski definition) is 6. The van der Waals surface area contributed by atoms with Crippen molar-refractivity contribution in [1.29, 1.82) is 31.6 Å². The molecule has 8 heteroatoms. The maximum Gasteiger partial charge on any atom is 0.390 e. The summed E-state index contributed by atoms with van der Waals surface area (Å²) in [6.07, 6.45) is 1.63. The molecule has 19 heavy (non-hydrogen) atoms. The van der Waals surface area contributed by atoms with Crippen molar-refractivity contribution in [2.24, 2.45) is 0 Å². The summed E-state index contributed by atoms with van der Waals surface area (Å²) in [5.41, 5.74) is 5.46. The topological polar surface area (TPSA) is 143 Å². The summed E-state index contributed by atoms with van der Waals surface area (Å²) in [7, 11) is -5.62. The zero-order valence-electron chi connectivity index (χ0n) is 10.1. The molecule has 0 aromatic carbocycles. The lowest BCUT2D eigenvalue weighted by Gasteiger charge is -2.13. The van der Waals surface area contributed by atoms with Gasteiger partial charge >= 0.3 is 8.07 Å². The predicted molar refractivity (Wildman–Crippen MR) is 70.5 cm³/mol. The lowest BCUT2D eigenvalue weighted by Crippen LogP contribution is -2.29. The Kier molecular flexibility index (Phi) is 6.74. The van der Waals surface area contributed by atoms with Crippen LogP contribution in [0.15, 0.2) is 0 Å². The van der Waals surface area contributed by atoms with Crippen molar-refractivity contribution in [3.8, 4) is 33.3 Å². The fourth-order valence-corrected chi connectivity index (χ4v) is 3.63. The fraction of sp³-hybridized carbons (Fsp3) is 0.455. The van der Waals surface area contributed by atoms with Crippen LogP contribution in [0.1, 0.15) is 19.3 Å². The highest BCUT2D eigenvalue weighted by Gasteiger charge is 2.35. The minimum absolute atomic E-state index is 0.219. The predicted octanol–water partition coefficient (Wildman–Crippen LogP) is 2.04. The summed E-state index contributed by atoms with van der Waals surface area (Å²) < 4.78 is 0. The molecule has 0 aliphatic carbocycles. The summed E-state index contributed by atoms with van der Waals surface area (Å²) in [6, 6.07) is 0.268. The van der Waals surface area contributed by atoms with Crippen molar-refractivity contribution >= 4 is 18.1 Å². The van der Waals surface area contributed by atoms with Gasteiger partial charge < -0.3 is 0 Å². The van der Waals surface area contributed by atoms with Gasteiger partial charge in [-0.3, -0.25) is 0 Å². The second kappa shape index (κ2) is 7.76. The Morgan fingerprint density at radius 2 is 1.16 bits per heavy atom. The SMILES string of the molecule is N#C[Si](C#N)(C#N)CCCCCS(C#N)(C#N)C#N. The molecule has 0 heterocycles. The van der Waals surface area contributed by atoms with E-state index >= 15 is 0 Å². The van der Waals surface area contributed by atoms with Crippen LogP contribution in [0.4, 0.5) is 0 Å². The van der Waals surface area contributed by atoms with Crippen molar-refractivity contribution in [2.45, 2.75) is 25.3 Å². The third-order valence-corrected chi connectivity index (χ3v) is 6.63. The van der Waals surface area contributed by atoms with Crippen LogP contribution in [-0.2, 0) is 0 Å². The third kappa shape index (κ3) is 4.35. The number of nitriles is 6. The number of rotatable bonds is 6. The summed E-state index contributed by atoms with van der Waals surface area (Å²) in [5.74, 6) is 0.219. The highest BCUT2D eigenvalue weighted by Crippen LogP contribution is 2.44. The molecule has 0 aromatic heterocycles. The molecule has 0 fully saturated rings. The summed E-state index contributed by atoms with van der Waals surface area (Å²) >= 11 is 0. The van der Waals surface area contributed by atoms with Crippen LogP contribution in [0.3, 0.4) is 0 Å². The van der Waals surface area contributed by atoms with Crippen LogP contribution in [0.2, 0.25) is 6.04 Å². The molecule has 0 N–H and O–H groups in total. The van der Waals surface area contributed by atoms with E-state index in [0.717, 1.165) is 0 Å². The van der Waals surface area contributed by atoms with Crippen molar-refractivity contribution in [2.75, 3.05) is 5.75 Å². The first-order chi connectivity index (χ1) is 9.07. The molecule has 0 aliphatic rings. The maximum absolute atomic E-state index is 8.82. The van der Waals surface area contributed by atoms with E-state index in [-0.39, 0.29) is 11.8 Å². The maximum atomic E-state index is 8.82. The van der Waals surface area contributed by atoms with Crippen LogP contribution in [0.25, 0.3) is 0 Å². The van der Waals surface area contributed by atoms with E-state index in [0.29, 0.717) is 19.3 Å². The van der Waals surface area contributed by atoms with Gasteiger partial charge in [0.15, 0.2) is 0 Å². The Hall–Kier alpha value is -2.49. The Labute approximate surface area is 114 Å². The van der Waals surface area contributed by atoms with Gasteiger partial charge in [0.2, 0.25) is 0 Å². The minimum Gasteiger partial charge on any atom is -0.204 e. The Morgan fingerprint density at radius 3 is 1.53 bits per heavy atom. The second-order valence-electron chi connectivity index (χ2n) is 3.77. The van der Waals surface area contributed by atoms with E-state index < -0.39 is 18.1 Å². The highest BCUT2D eigenvalue weighted by atomic mass is 32.3. The summed E-state index contributed by atoms with van der Waals surface area (Å²) in [5, 5.41) is 58.1. The Bertz CT molecular complexity index is 449. The normalized spacial score (nSPS) is 10.6. The first-order valence-corrected chi connectivity index (χ1v) is 9.36. The molecule has 0 saturated carbocycles. The second-order valence-corrected chi connectivity index (χ2v) is 9.18. The molecule has 0 rings (SSSR count). The molecule has 0 aliphatic heterocycles. The monoisotopic (exact) mass is 286 g/mol. The smallest absolute Gasteiger partial charge is 0.204 e. The first-order valence-electron chi connectivity index (χ1n) is 5.35. The molecule has 94 valence electrons.